The Morgan fingerprint density at radius 3 is 2.00 bits per heavy atom. The third-order valence-corrected chi connectivity index (χ3v) is 2.81. The third kappa shape index (κ3) is 3.28. The number of hydrogen-bond acceptors (Lipinski definition) is 2. The number of nitrogens with zero attached hydrogens (tertiary/aromatic N) is 1. The van der Waals surface area contributed by atoms with Crippen molar-refractivity contribution < 1.29 is 4.74 Å². The van der Waals surface area contributed by atoms with Crippen molar-refractivity contribution in [3.63, 3.8) is 0 Å². The molecule has 0 aromatic carbocycles. The molecular weight excluding hydrogens is 162 g/mol. The fraction of sp³-hybridized carbons (Fsp3) is 1.00. The van der Waals surface area contributed by atoms with Gasteiger partial charge < -0.3 is 9.64 Å². The predicted molar refractivity (Wildman–Crippen MR) is 58.1 cm³/mol. The van der Waals surface area contributed by atoms with Crippen molar-refractivity contribution in [1.82, 2.24) is 4.90 Å². The second-order valence-electron chi connectivity index (χ2n) is 3.61. The predicted octanol–water partition coefficient (Wildman–Crippen LogP) is 2.53. The summed E-state index contributed by atoms with van der Waals surface area (Å²) in [5.41, 5.74) is 0.385. The van der Waals surface area contributed by atoms with Crippen LogP contribution in [0.2, 0.25) is 0 Å². The Balaban J connectivity index is 0.000000671. The maximum absolute atomic E-state index is 5.46. The van der Waals surface area contributed by atoms with Crippen LogP contribution in [0.5, 0.6) is 0 Å². The first-order chi connectivity index (χ1) is 6.21. The molecule has 0 spiro atoms. The summed E-state index contributed by atoms with van der Waals surface area (Å²) in [5, 5.41) is 0. The average molecular weight is 187 g/mol. The number of rotatable bonds is 4. The first-order valence-corrected chi connectivity index (χ1v) is 5.46. The molecule has 1 fully saturated rings. The highest BCUT2D eigenvalue weighted by Gasteiger charge is 2.38. The summed E-state index contributed by atoms with van der Waals surface area (Å²) < 4.78 is 5.46. The van der Waals surface area contributed by atoms with Crippen molar-refractivity contribution >= 4 is 0 Å². The van der Waals surface area contributed by atoms with Gasteiger partial charge in [-0.1, -0.05) is 13.8 Å². The molecule has 0 heterocycles. The van der Waals surface area contributed by atoms with Crippen LogP contribution >= 0.6 is 0 Å². The zero-order chi connectivity index (χ0) is 10.3. The molecule has 0 aromatic heterocycles. The topological polar surface area (TPSA) is 12.5 Å². The van der Waals surface area contributed by atoms with Crippen LogP contribution in [0.3, 0.4) is 0 Å². The third-order valence-electron chi connectivity index (χ3n) is 2.81. The van der Waals surface area contributed by atoms with Crippen LogP contribution in [0.15, 0.2) is 0 Å². The van der Waals surface area contributed by atoms with E-state index in [1.54, 1.807) is 0 Å². The van der Waals surface area contributed by atoms with Gasteiger partial charge in [0.1, 0.15) is 0 Å². The van der Waals surface area contributed by atoms with Crippen molar-refractivity contribution in [2.75, 3.05) is 27.3 Å². The SMILES string of the molecule is CC.CCOCC1(N(C)C)CCC1. The molecule has 13 heavy (non-hydrogen) atoms. The van der Waals surface area contributed by atoms with E-state index in [0.29, 0.717) is 5.54 Å². The number of likely N-dealkylation sites (N-methyl/N-ethyl adjacent to an activating group) is 1. The summed E-state index contributed by atoms with van der Waals surface area (Å²) in [6.45, 7) is 7.81. The van der Waals surface area contributed by atoms with E-state index in [2.05, 4.69) is 25.9 Å². The van der Waals surface area contributed by atoms with Crippen LogP contribution in [0, 0.1) is 0 Å². The van der Waals surface area contributed by atoms with Crippen molar-refractivity contribution in [2.45, 2.75) is 45.6 Å². The average Bonchev–Trinajstić information content (AvgIpc) is 2.06. The standard InChI is InChI=1S/C9H19NO.C2H6/c1-4-11-8-9(10(2)3)6-5-7-9;1-2/h4-8H2,1-3H3;1-2H3. The van der Waals surface area contributed by atoms with E-state index in [1.807, 2.05) is 13.8 Å². The van der Waals surface area contributed by atoms with Crippen LogP contribution in [-0.2, 0) is 4.74 Å². The largest absolute Gasteiger partial charge is 0.380 e. The molecule has 1 rings (SSSR count). The molecule has 0 amide bonds. The molecule has 1 saturated carbocycles. The van der Waals surface area contributed by atoms with Gasteiger partial charge in [-0.3, -0.25) is 0 Å². The van der Waals surface area contributed by atoms with E-state index in [0.717, 1.165) is 13.2 Å². The Kier molecular flexibility index (Phi) is 6.35. The lowest BCUT2D eigenvalue weighted by Gasteiger charge is -2.46. The molecule has 0 aromatic rings. The van der Waals surface area contributed by atoms with Gasteiger partial charge in [-0.15, -0.1) is 0 Å². The molecule has 0 atom stereocenters. The van der Waals surface area contributed by atoms with Crippen molar-refractivity contribution in [2.24, 2.45) is 0 Å². The fourth-order valence-electron chi connectivity index (χ4n) is 1.60. The number of ether oxygens (including phenoxy) is 1. The summed E-state index contributed by atoms with van der Waals surface area (Å²) in [4.78, 5) is 2.31. The van der Waals surface area contributed by atoms with Gasteiger partial charge in [0.05, 0.1) is 6.61 Å². The van der Waals surface area contributed by atoms with Gasteiger partial charge in [-0.05, 0) is 40.3 Å². The molecule has 0 saturated heterocycles. The Morgan fingerprint density at radius 2 is 1.77 bits per heavy atom. The molecule has 0 radical (unpaired) electrons. The highest BCUT2D eigenvalue weighted by atomic mass is 16.5. The second-order valence-corrected chi connectivity index (χ2v) is 3.61. The van der Waals surface area contributed by atoms with Crippen molar-refractivity contribution in [1.29, 1.82) is 0 Å². The molecule has 2 nitrogen and oxygen atoms in total. The Bertz CT molecular complexity index is 119. The molecular formula is C11H25NO. The monoisotopic (exact) mass is 187 g/mol. The maximum Gasteiger partial charge on any atom is 0.0650 e. The van der Waals surface area contributed by atoms with Gasteiger partial charge in [-0.2, -0.15) is 0 Å². The molecule has 1 aliphatic carbocycles. The zero-order valence-electron chi connectivity index (χ0n) is 9.89. The van der Waals surface area contributed by atoms with E-state index in [1.165, 1.54) is 19.3 Å². The lowest BCUT2D eigenvalue weighted by Crippen LogP contribution is -2.53. The first kappa shape index (κ1) is 12.9. The normalized spacial score (nSPS) is 18.9. The van der Waals surface area contributed by atoms with Crippen molar-refractivity contribution in [3.8, 4) is 0 Å². The summed E-state index contributed by atoms with van der Waals surface area (Å²) >= 11 is 0. The summed E-state index contributed by atoms with van der Waals surface area (Å²) in [5.74, 6) is 0. The van der Waals surface area contributed by atoms with Gasteiger partial charge in [0.2, 0.25) is 0 Å². The Labute approximate surface area is 83.3 Å². The minimum atomic E-state index is 0.385. The highest BCUT2D eigenvalue weighted by Crippen LogP contribution is 2.36. The quantitative estimate of drug-likeness (QED) is 0.670. The fourth-order valence-corrected chi connectivity index (χ4v) is 1.60. The molecule has 0 N–H and O–H groups in total. The molecule has 2 heteroatoms. The lowest BCUT2D eigenvalue weighted by molar-refractivity contribution is -0.0284. The van der Waals surface area contributed by atoms with E-state index < -0.39 is 0 Å². The van der Waals surface area contributed by atoms with Gasteiger partial charge in [-0.25, -0.2) is 0 Å². The molecule has 0 unspecified atom stereocenters. The van der Waals surface area contributed by atoms with Gasteiger partial charge >= 0.3 is 0 Å². The minimum absolute atomic E-state index is 0.385. The summed E-state index contributed by atoms with van der Waals surface area (Å²) in [6, 6.07) is 0. The highest BCUT2D eigenvalue weighted by molar-refractivity contribution is 4.95. The van der Waals surface area contributed by atoms with Crippen LogP contribution in [0.4, 0.5) is 0 Å². The maximum atomic E-state index is 5.46. The van der Waals surface area contributed by atoms with Crippen LogP contribution in [0.25, 0.3) is 0 Å². The van der Waals surface area contributed by atoms with Gasteiger partial charge in [0.25, 0.3) is 0 Å². The van der Waals surface area contributed by atoms with Gasteiger partial charge in [0, 0.05) is 12.1 Å². The Hall–Kier alpha value is -0.0800. The van der Waals surface area contributed by atoms with E-state index in [-0.39, 0.29) is 0 Å². The van der Waals surface area contributed by atoms with E-state index in [9.17, 15) is 0 Å². The number of hydrogen-bond donors (Lipinski definition) is 0. The summed E-state index contributed by atoms with van der Waals surface area (Å²) in [6.07, 6.45) is 3.98. The summed E-state index contributed by atoms with van der Waals surface area (Å²) in [7, 11) is 4.30. The van der Waals surface area contributed by atoms with Crippen molar-refractivity contribution in [3.05, 3.63) is 0 Å². The van der Waals surface area contributed by atoms with E-state index >= 15 is 0 Å². The van der Waals surface area contributed by atoms with Crippen LogP contribution < -0.4 is 0 Å². The Morgan fingerprint density at radius 1 is 1.23 bits per heavy atom. The molecule has 0 bridgehead atoms. The first-order valence-electron chi connectivity index (χ1n) is 5.46. The molecule has 0 aliphatic heterocycles. The van der Waals surface area contributed by atoms with Gasteiger partial charge in [0.15, 0.2) is 0 Å². The lowest BCUT2D eigenvalue weighted by atomic mass is 9.76. The zero-order valence-corrected chi connectivity index (χ0v) is 9.89. The minimum Gasteiger partial charge on any atom is -0.380 e. The molecule has 80 valence electrons. The second kappa shape index (κ2) is 6.39. The smallest absolute Gasteiger partial charge is 0.0650 e. The van der Waals surface area contributed by atoms with E-state index in [4.69, 9.17) is 4.74 Å². The van der Waals surface area contributed by atoms with Crippen LogP contribution in [0.1, 0.15) is 40.0 Å². The molecule has 1 aliphatic rings. The van der Waals surface area contributed by atoms with Crippen LogP contribution in [-0.4, -0.2) is 37.7 Å².